The van der Waals surface area contributed by atoms with Crippen LogP contribution in [-0.2, 0) is 9.84 Å². The molecule has 0 spiro atoms. The molecule has 0 saturated carbocycles. The maximum Gasteiger partial charge on any atom is 0.208 e. The highest BCUT2D eigenvalue weighted by molar-refractivity contribution is 7.92. The maximum atomic E-state index is 12.5. The van der Waals surface area contributed by atoms with E-state index in [4.69, 9.17) is 0 Å². The summed E-state index contributed by atoms with van der Waals surface area (Å²) in [4.78, 5) is 0.952. The summed E-state index contributed by atoms with van der Waals surface area (Å²) < 4.78 is 25.0. The zero-order chi connectivity index (χ0) is 12.2. The van der Waals surface area contributed by atoms with Crippen molar-refractivity contribution in [3.63, 3.8) is 0 Å². The van der Waals surface area contributed by atoms with Crippen molar-refractivity contribution in [3.8, 4) is 11.1 Å². The van der Waals surface area contributed by atoms with Gasteiger partial charge < -0.3 is 0 Å². The normalized spacial score (nSPS) is 15.4. The molecule has 0 radical (unpaired) electrons. The van der Waals surface area contributed by atoms with Crippen LogP contribution in [-0.4, -0.2) is 8.42 Å². The molecule has 17 heavy (non-hydrogen) atoms. The predicted molar refractivity (Wildman–Crippen MR) is 66.8 cm³/mol. The van der Waals surface area contributed by atoms with Crippen molar-refractivity contribution in [2.45, 2.75) is 23.6 Å². The van der Waals surface area contributed by atoms with E-state index in [1.165, 1.54) is 0 Å². The van der Waals surface area contributed by atoms with Crippen LogP contribution in [0.5, 0.6) is 0 Å². The van der Waals surface area contributed by atoms with Gasteiger partial charge in [0.05, 0.1) is 9.79 Å². The SMILES string of the molecule is Cc1cccc2c1S(=O)(=O)c1c(C)cccc1-2. The molecule has 2 nitrogen and oxygen atoms in total. The topological polar surface area (TPSA) is 34.1 Å². The number of sulfone groups is 1. The summed E-state index contributed by atoms with van der Waals surface area (Å²) >= 11 is 0. The van der Waals surface area contributed by atoms with E-state index in [1.54, 1.807) is 0 Å². The third-order valence-electron chi connectivity index (χ3n) is 3.25. The van der Waals surface area contributed by atoms with Crippen molar-refractivity contribution >= 4 is 9.84 Å². The zero-order valence-corrected chi connectivity index (χ0v) is 10.5. The Morgan fingerprint density at radius 2 is 1.18 bits per heavy atom. The number of fused-ring (bicyclic) bond motifs is 3. The van der Waals surface area contributed by atoms with Crippen molar-refractivity contribution in [2.24, 2.45) is 0 Å². The molecule has 0 aliphatic carbocycles. The van der Waals surface area contributed by atoms with Gasteiger partial charge in [-0.15, -0.1) is 0 Å². The van der Waals surface area contributed by atoms with Crippen molar-refractivity contribution in [1.82, 2.24) is 0 Å². The Labute approximate surface area is 101 Å². The second-order valence-electron chi connectivity index (χ2n) is 4.41. The van der Waals surface area contributed by atoms with Crippen LogP contribution in [0.4, 0.5) is 0 Å². The van der Waals surface area contributed by atoms with Gasteiger partial charge in [-0.1, -0.05) is 36.4 Å². The average molecular weight is 244 g/mol. The maximum absolute atomic E-state index is 12.5. The summed E-state index contributed by atoms with van der Waals surface area (Å²) in [5.74, 6) is 0. The molecule has 0 aromatic heterocycles. The smallest absolute Gasteiger partial charge is 0.208 e. The quantitative estimate of drug-likeness (QED) is 0.609. The molecule has 2 aromatic rings. The second-order valence-corrected chi connectivity index (χ2v) is 6.23. The van der Waals surface area contributed by atoms with Gasteiger partial charge in [-0.05, 0) is 25.0 Å². The molecule has 1 heterocycles. The highest BCUT2D eigenvalue weighted by atomic mass is 32.2. The molecule has 0 fully saturated rings. The highest BCUT2D eigenvalue weighted by Crippen LogP contribution is 2.45. The van der Waals surface area contributed by atoms with E-state index in [-0.39, 0.29) is 0 Å². The Bertz CT molecular complexity index is 670. The van der Waals surface area contributed by atoms with E-state index in [0.29, 0.717) is 9.79 Å². The first kappa shape index (κ1) is 10.5. The van der Waals surface area contributed by atoms with Crippen molar-refractivity contribution in [1.29, 1.82) is 0 Å². The molecule has 0 N–H and O–H groups in total. The Morgan fingerprint density at radius 3 is 1.59 bits per heavy atom. The van der Waals surface area contributed by atoms with Crippen LogP contribution in [0, 0.1) is 13.8 Å². The van der Waals surface area contributed by atoms with E-state index in [2.05, 4.69) is 0 Å². The molecular formula is C14H12O2S. The van der Waals surface area contributed by atoms with Crippen LogP contribution in [0.1, 0.15) is 11.1 Å². The molecule has 2 aromatic carbocycles. The van der Waals surface area contributed by atoms with Gasteiger partial charge in [0.1, 0.15) is 0 Å². The van der Waals surface area contributed by atoms with Gasteiger partial charge in [-0.3, -0.25) is 0 Å². The largest absolute Gasteiger partial charge is 0.218 e. The number of benzene rings is 2. The lowest BCUT2D eigenvalue weighted by atomic mass is 10.0. The van der Waals surface area contributed by atoms with Crippen molar-refractivity contribution in [3.05, 3.63) is 47.5 Å². The Kier molecular flexibility index (Phi) is 1.98. The van der Waals surface area contributed by atoms with Crippen LogP contribution in [0.25, 0.3) is 11.1 Å². The lowest BCUT2D eigenvalue weighted by Gasteiger charge is -2.03. The molecule has 0 bridgehead atoms. The fourth-order valence-corrected chi connectivity index (χ4v) is 4.67. The standard InChI is InChI=1S/C14H12O2S/c1-9-5-3-7-11-12-8-4-6-10(2)14(12)17(15,16)13(9)11/h3-8H,1-2H3. The van der Waals surface area contributed by atoms with Gasteiger partial charge in [-0.25, -0.2) is 8.42 Å². The van der Waals surface area contributed by atoms with Crippen LogP contribution in [0.3, 0.4) is 0 Å². The highest BCUT2D eigenvalue weighted by Gasteiger charge is 2.35. The van der Waals surface area contributed by atoms with E-state index < -0.39 is 9.84 Å². The monoisotopic (exact) mass is 244 g/mol. The second kappa shape index (κ2) is 3.20. The fourth-order valence-electron chi connectivity index (χ4n) is 2.54. The summed E-state index contributed by atoms with van der Waals surface area (Å²) in [6.45, 7) is 3.69. The van der Waals surface area contributed by atoms with Gasteiger partial charge in [0, 0.05) is 11.1 Å². The van der Waals surface area contributed by atoms with Crippen LogP contribution < -0.4 is 0 Å². The first-order valence-corrected chi connectivity index (χ1v) is 6.96. The van der Waals surface area contributed by atoms with Gasteiger partial charge in [0.15, 0.2) is 0 Å². The van der Waals surface area contributed by atoms with Crippen LogP contribution >= 0.6 is 0 Å². The van der Waals surface area contributed by atoms with E-state index in [1.807, 2.05) is 50.2 Å². The molecule has 0 amide bonds. The van der Waals surface area contributed by atoms with E-state index >= 15 is 0 Å². The predicted octanol–water partition coefficient (Wildman–Crippen LogP) is 3.12. The molecule has 0 saturated heterocycles. The average Bonchev–Trinajstić information content (AvgIpc) is 2.50. The molecule has 0 atom stereocenters. The molecule has 1 aliphatic rings. The first-order valence-electron chi connectivity index (χ1n) is 5.48. The fraction of sp³-hybridized carbons (Fsp3) is 0.143. The number of hydrogen-bond donors (Lipinski definition) is 0. The molecule has 0 unspecified atom stereocenters. The minimum absolute atomic E-state index is 0.476. The van der Waals surface area contributed by atoms with Crippen molar-refractivity contribution < 1.29 is 8.42 Å². The Morgan fingerprint density at radius 1 is 0.765 bits per heavy atom. The molecule has 3 rings (SSSR count). The molecule has 86 valence electrons. The lowest BCUT2D eigenvalue weighted by molar-refractivity contribution is 0.597. The van der Waals surface area contributed by atoms with Gasteiger partial charge in [-0.2, -0.15) is 0 Å². The van der Waals surface area contributed by atoms with Gasteiger partial charge in [0.25, 0.3) is 0 Å². The minimum atomic E-state index is -3.33. The Hall–Kier alpha value is -1.61. The number of rotatable bonds is 0. The van der Waals surface area contributed by atoms with Crippen molar-refractivity contribution in [2.75, 3.05) is 0 Å². The van der Waals surface area contributed by atoms with Crippen LogP contribution in [0.2, 0.25) is 0 Å². The summed E-state index contributed by atoms with van der Waals surface area (Å²) in [6.07, 6.45) is 0. The number of hydrogen-bond acceptors (Lipinski definition) is 2. The van der Waals surface area contributed by atoms with Crippen LogP contribution in [0.15, 0.2) is 46.2 Å². The molecule has 1 aliphatic heterocycles. The molecule has 3 heteroatoms. The van der Waals surface area contributed by atoms with E-state index in [0.717, 1.165) is 22.3 Å². The third-order valence-corrected chi connectivity index (χ3v) is 5.41. The van der Waals surface area contributed by atoms with E-state index in [9.17, 15) is 8.42 Å². The van der Waals surface area contributed by atoms with Gasteiger partial charge >= 0.3 is 0 Å². The zero-order valence-electron chi connectivity index (χ0n) is 9.69. The summed E-state index contributed by atoms with van der Waals surface area (Å²) in [7, 11) is -3.33. The first-order chi connectivity index (χ1) is 8.03. The summed E-state index contributed by atoms with van der Waals surface area (Å²) in [5, 5.41) is 0. The summed E-state index contributed by atoms with van der Waals surface area (Å²) in [5.41, 5.74) is 3.31. The lowest BCUT2D eigenvalue weighted by Crippen LogP contribution is -2.00. The Balaban J connectivity index is 2.56. The summed E-state index contributed by atoms with van der Waals surface area (Å²) in [6, 6.07) is 11.3. The molecular weight excluding hydrogens is 232 g/mol. The van der Waals surface area contributed by atoms with Gasteiger partial charge in [0.2, 0.25) is 9.84 Å². The number of aryl methyl sites for hydroxylation is 2. The minimum Gasteiger partial charge on any atom is -0.218 e. The third kappa shape index (κ3) is 1.23.